The molecule has 0 amide bonds. The van der Waals surface area contributed by atoms with Crippen molar-refractivity contribution in [2.24, 2.45) is 5.73 Å². The van der Waals surface area contributed by atoms with E-state index in [4.69, 9.17) is 10.5 Å². The Morgan fingerprint density at radius 3 is 1.90 bits per heavy atom. The average molecular weight is 212 g/mol. The number of hydrogen-bond acceptors (Lipinski definition) is 3. The highest BCUT2D eigenvalue weighted by atomic mass is 79.9. The summed E-state index contributed by atoms with van der Waals surface area (Å²) in [6.45, 7) is 5.19. The summed E-state index contributed by atoms with van der Waals surface area (Å²) in [6, 6.07) is -0.507. The zero-order chi connectivity index (χ0) is 7.44. The van der Waals surface area contributed by atoms with E-state index >= 15 is 0 Å². The summed E-state index contributed by atoms with van der Waals surface area (Å²) in [5.41, 5.74) is 5.21. The summed E-state index contributed by atoms with van der Waals surface area (Å²) in [7, 11) is 0. The van der Waals surface area contributed by atoms with E-state index in [1.165, 1.54) is 0 Å². The number of carbonyl (C=O) groups excluding carboxylic acids is 1. The van der Waals surface area contributed by atoms with E-state index in [1.54, 1.807) is 20.8 Å². The highest BCUT2D eigenvalue weighted by Gasteiger charge is 2.09. The van der Waals surface area contributed by atoms with Gasteiger partial charge in [-0.2, -0.15) is 0 Å². The monoisotopic (exact) mass is 211 g/mol. The van der Waals surface area contributed by atoms with Crippen LogP contribution in [0.1, 0.15) is 20.8 Å². The van der Waals surface area contributed by atoms with Crippen LogP contribution in [-0.4, -0.2) is 18.1 Å². The van der Waals surface area contributed by atoms with E-state index in [9.17, 15) is 4.79 Å². The fourth-order valence-electron chi connectivity index (χ4n) is 0.340. The van der Waals surface area contributed by atoms with Gasteiger partial charge < -0.3 is 10.5 Å². The second kappa shape index (κ2) is 5.68. The predicted octanol–water partition coefficient (Wildman–Crippen LogP) is 0.863. The van der Waals surface area contributed by atoms with Gasteiger partial charge in [0, 0.05) is 0 Å². The van der Waals surface area contributed by atoms with Gasteiger partial charge >= 0.3 is 5.97 Å². The standard InChI is InChI=1S/C6H13NO2.BrH/c1-4(2)9-6(8)5(3)7;/h4-5H,7H2,1-3H3;1H/t5-;/m0./s1. The molecule has 0 fully saturated rings. The van der Waals surface area contributed by atoms with Crippen molar-refractivity contribution in [3.05, 3.63) is 0 Å². The smallest absolute Gasteiger partial charge is 0.322 e. The molecule has 0 aliphatic heterocycles. The Bertz CT molecular complexity index is 104. The molecule has 3 nitrogen and oxygen atoms in total. The lowest BCUT2D eigenvalue weighted by Crippen LogP contribution is -2.30. The first-order valence-corrected chi connectivity index (χ1v) is 3.00. The molecule has 0 spiro atoms. The van der Waals surface area contributed by atoms with Crippen LogP contribution in [0.4, 0.5) is 0 Å². The van der Waals surface area contributed by atoms with E-state index in [0.717, 1.165) is 0 Å². The predicted molar refractivity (Wildman–Crippen MR) is 45.2 cm³/mol. The molecule has 0 unspecified atom stereocenters. The molecule has 1 atom stereocenters. The molecule has 2 N–H and O–H groups in total. The molecule has 0 aromatic rings. The summed E-state index contributed by atoms with van der Waals surface area (Å²) in [5.74, 6) is -0.343. The molecule has 0 aliphatic carbocycles. The van der Waals surface area contributed by atoms with Gasteiger partial charge in [0.15, 0.2) is 0 Å². The summed E-state index contributed by atoms with van der Waals surface area (Å²) >= 11 is 0. The molecule has 0 aromatic carbocycles. The number of ether oxygens (including phenoxy) is 1. The largest absolute Gasteiger partial charge is 0.462 e. The maximum atomic E-state index is 10.6. The number of nitrogens with two attached hydrogens (primary N) is 1. The highest BCUT2D eigenvalue weighted by Crippen LogP contribution is 1.90. The summed E-state index contributed by atoms with van der Waals surface area (Å²) in [5, 5.41) is 0. The van der Waals surface area contributed by atoms with Gasteiger partial charge in [-0.05, 0) is 20.8 Å². The first kappa shape index (κ1) is 12.6. The topological polar surface area (TPSA) is 52.3 Å². The Labute approximate surface area is 71.7 Å². The molecular weight excluding hydrogens is 198 g/mol. The fraction of sp³-hybridized carbons (Fsp3) is 0.833. The van der Waals surface area contributed by atoms with Gasteiger partial charge in [0.2, 0.25) is 0 Å². The van der Waals surface area contributed by atoms with Gasteiger partial charge in [0.05, 0.1) is 6.10 Å². The molecule has 0 saturated carbocycles. The van der Waals surface area contributed by atoms with Crippen LogP contribution < -0.4 is 5.73 Å². The van der Waals surface area contributed by atoms with Gasteiger partial charge in [-0.1, -0.05) is 0 Å². The van der Waals surface area contributed by atoms with Crippen molar-refractivity contribution in [1.29, 1.82) is 0 Å². The second-order valence-corrected chi connectivity index (χ2v) is 2.27. The zero-order valence-corrected chi connectivity index (χ0v) is 8.17. The van der Waals surface area contributed by atoms with Gasteiger partial charge in [-0.3, -0.25) is 4.79 Å². The molecule has 4 heteroatoms. The van der Waals surface area contributed by atoms with Crippen LogP contribution >= 0.6 is 17.0 Å². The van der Waals surface area contributed by atoms with Gasteiger partial charge in [-0.25, -0.2) is 0 Å². The third kappa shape index (κ3) is 6.04. The number of hydrogen-bond donors (Lipinski definition) is 1. The maximum absolute atomic E-state index is 10.6. The molecular formula is C6H14BrNO2. The van der Waals surface area contributed by atoms with E-state index in [2.05, 4.69) is 0 Å². The van der Waals surface area contributed by atoms with Crippen LogP contribution in [0.25, 0.3) is 0 Å². The minimum Gasteiger partial charge on any atom is -0.462 e. The molecule has 62 valence electrons. The highest BCUT2D eigenvalue weighted by molar-refractivity contribution is 8.93. The molecule has 0 aliphatic rings. The van der Waals surface area contributed by atoms with Crippen LogP contribution in [0.3, 0.4) is 0 Å². The van der Waals surface area contributed by atoms with Crippen LogP contribution in [0.2, 0.25) is 0 Å². The first-order valence-electron chi connectivity index (χ1n) is 3.00. The first-order chi connectivity index (χ1) is 4.04. The van der Waals surface area contributed by atoms with Crippen LogP contribution in [0, 0.1) is 0 Å². The molecule has 0 rings (SSSR count). The summed E-state index contributed by atoms with van der Waals surface area (Å²) < 4.78 is 4.75. The van der Waals surface area contributed by atoms with E-state index in [1.807, 2.05) is 0 Å². The lowest BCUT2D eigenvalue weighted by molar-refractivity contribution is -0.148. The Hall–Kier alpha value is -0.0900. The SMILES string of the molecule is Br.CC(C)OC(=O)[C@H](C)N. The summed E-state index contributed by atoms with van der Waals surface area (Å²) in [4.78, 5) is 10.6. The second-order valence-electron chi connectivity index (χ2n) is 2.27. The van der Waals surface area contributed by atoms with Crippen molar-refractivity contribution < 1.29 is 9.53 Å². The number of rotatable bonds is 2. The number of esters is 1. The van der Waals surface area contributed by atoms with E-state index in [-0.39, 0.29) is 29.1 Å². The minimum absolute atomic E-state index is 0. The molecule has 0 heterocycles. The van der Waals surface area contributed by atoms with Gasteiger partial charge in [-0.15, -0.1) is 17.0 Å². The van der Waals surface area contributed by atoms with Crippen molar-refractivity contribution in [2.75, 3.05) is 0 Å². The molecule has 0 saturated heterocycles. The third-order valence-corrected chi connectivity index (χ3v) is 0.724. The van der Waals surface area contributed by atoms with Gasteiger partial charge in [0.25, 0.3) is 0 Å². The molecule has 0 aromatic heterocycles. The summed E-state index contributed by atoms with van der Waals surface area (Å²) in [6.07, 6.45) is -0.0662. The van der Waals surface area contributed by atoms with E-state index < -0.39 is 6.04 Å². The lowest BCUT2D eigenvalue weighted by Gasteiger charge is -2.08. The normalized spacial score (nSPS) is 12.1. The number of carbonyl (C=O) groups is 1. The zero-order valence-electron chi connectivity index (χ0n) is 6.46. The van der Waals surface area contributed by atoms with Crippen molar-refractivity contribution in [1.82, 2.24) is 0 Å². The average Bonchev–Trinajstić information content (AvgIpc) is 1.63. The van der Waals surface area contributed by atoms with E-state index in [0.29, 0.717) is 0 Å². The Balaban J connectivity index is 0. The van der Waals surface area contributed by atoms with Crippen LogP contribution in [-0.2, 0) is 9.53 Å². The van der Waals surface area contributed by atoms with Crippen molar-refractivity contribution in [3.8, 4) is 0 Å². The Kier molecular flexibility index (Phi) is 7.14. The maximum Gasteiger partial charge on any atom is 0.322 e. The third-order valence-electron chi connectivity index (χ3n) is 0.724. The fourth-order valence-corrected chi connectivity index (χ4v) is 0.340. The van der Waals surface area contributed by atoms with Crippen molar-refractivity contribution in [2.45, 2.75) is 32.9 Å². The van der Waals surface area contributed by atoms with Crippen molar-refractivity contribution >= 4 is 23.0 Å². The molecule has 10 heavy (non-hydrogen) atoms. The number of halogens is 1. The molecule has 0 radical (unpaired) electrons. The lowest BCUT2D eigenvalue weighted by atomic mass is 10.4. The van der Waals surface area contributed by atoms with Crippen molar-refractivity contribution in [3.63, 3.8) is 0 Å². The molecule has 0 bridgehead atoms. The van der Waals surface area contributed by atoms with Crippen LogP contribution in [0.5, 0.6) is 0 Å². The minimum atomic E-state index is -0.507. The van der Waals surface area contributed by atoms with Gasteiger partial charge in [0.1, 0.15) is 6.04 Å². The Morgan fingerprint density at radius 2 is 1.80 bits per heavy atom. The Morgan fingerprint density at radius 1 is 1.40 bits per heavy atom. The van der Waals surface area contributed by atoms with Crippen LogP contribution in [0.15, 0.2) is 0 Å². The quantitative estimate of drug-likeness (QED) is 0.690.